The van der Waals surface area contributed by atoms with Gasteiger partial charge in [0.25, 0.3) is 0 Å². The molecule has 0 aliphatic heterocycles. The Morgan fingerprint density at radius 3 is 3.00 bits per heavy atom. The topological polar surface area (TPSA) is 62.2 Å². The molecule has 4 nitrogen and oxygen atoms in total. The van der Waals surface area contributed by atoms with E-state index in [-0.39, 0.29) is 10.7 Å². The summed E-state index contributed by atoms with van der Waals surface area (Å²) in [7, 11) is 0. The number of pyridine rings is 1. The van der Waals surface area contributed by atoms with Crippen molar-refractivity contribution in [1.82, 2.24) is 4.98 Å². The van der Waals surface area contributed by atoms with Gasteiger partial charge in [-0.3, -0.25) is 0 Å². The van der Waals surface area contributed by atoms with Gasteiger partial charge in [-0.1, -0.05) is 23.8 Å². The van der Waals surface area contributed by atoms with Gasteiger partial charge in [-0.25, -0.2) is 9.78 Å². The average Bonchev–Trinajstić information content (AvgIpc) is 2.24. The largest absolute Gasteiger partial charge is 0.478 e. The van der Waals surface area contributed by atoms with Crippen LogP contribution >= 0.6 is 11.6 Å². The fraction of sp³-hybridized carbons (Fsp3) is 0.273. The van der Waals surface area contributed by atoms with Gasteiger partial charge in [-0.15, -0.1) is 0 Å². The van der Waals surface area contributed by atoms with Crippen molar-refractivity contribution in [3.05, 3.63) is 35.0 Å². The number of nitrogens with zero attached hydrogens (tertiary/aromatic N) is 1. The highest BCUT2D eigenvalue weighted by molar-refractivity contribution is 6.29. The third-order valence-electron chi connectivity index (χ3n) is 1.93. The lowest BCUT2D eigenvalue weighted by atomic mass is 10.2. The second kappa shape index (κ2) is 6.12. The fourth-order valence-electron chi connectivity index (χ4n) is 1.18. The van der Waals surface area contributed by atoms with Gasteiger partial charge in [-0.05, 0) is 25.5 Å². The number of carboxylic acids is 1. The molecule has 1 aromatic heterocycles. The molecule has 0 radical (unpaired) electrons. The van der Waals surface area contributed by atoms with E-state index in [0.717, 1.165) is 6.42 Å². The number of hydrogen-bond donors (Lipinski definition) is 2. The minimum atomic E-state index is -1.02. The van der Waals surface area contributed by atoms with E-state index in [1.807, 2.05) is 19.1 Å². The summed E-state index contributed by atoms with van der Waals surface area (Å²) in [6, 6.07) is 2.90. The van der Waals surface area contributed by atoms with Crippen molar-refractivity contribution in [3.63, 3.8) is 0 Å². The Morgan fingerprint density at radius 2 is 2.38 bits per heavy atom. The van der Waals surface area contributed by atoms with Crippen LogP contribution in [0.1, 0.15) is 23.7 Å². The number of rotatable bonds is 5. The Morgan fingerprint density at radius 1 is 1.62 bits per heavy atom. The van der Waals surface area contributed by atoms with Gasteiger partial charge in [0, 0.05) is 6.54 Å². The number of anilines is 1. The quantitative estimate of drug-likeness (QED) is 0.472. The number of carbonyl (C=O) groups is 1. The average molecular weight is 241 g/mol. The molecule has 0 aromatic carbocycles. The maximum absolute atomic E-state index is 10.9. The van der Waals surface area contributed by atoms with E-state index in [1.54, 1.807) is 0 Å². The number of nitrogens with one attached hydrogen (secondary N) is 1. The molecular formula is C11H13ClN2O2. The van der Waals surface area contributed by atoms with Crippen LogP contribution in [0.15, 0.2) is 24.3 Å². The van der Waals surface area contributed by atoms with Crippen molar-refractivity contribution in [3.8, 4) is 0 Å². The van der Waals surface area contributed by atoms with Crippen LogP contribution in [0.3, 0.4) is 0 Å². The number of carboxylic acid groups (broad SMARTS) is 1. The summed E-state index contributed by atoms with van der Waals surface area (Å²) in [6.45, 7) is 2.55. The second-order valence-electron chi connectivity index (χ2n) is 3.12. The normalized spacial score (nSPS) is 10.6. The van der Waals surface area contributed by atoms with Gasteiger partial charge in [0.15, 0.2) is 0 Å². The molecule has 5 heteroatoms. The molecule has 0 unspecified atom stereocenters. The first-order chi connectivity index (χ1) is 7.65. The summed E-state index contributed by atoms with van der Waals surface area (Å²) >= 11 is 5.70. The number of aromatic carboxylic acids is 1. The maximum atomic E-state index is 10.9. The number of hydrogen-bond acceptors (Lipinski definition) is 3. The van der Waals surface area contributed by atoms with E-state index in [9.17, 15) is 4.79 Å². The molecule has 0 atom stereocenters. The molecular weight excluding hydrogens is 228 g/mol. The Balaban J connectivity index is 2.76. The van der Waals surface area contributed by atoms with Crippen molar-refractivity contribution < 1.29 is 9.90 Å². The standard InChI is InChI=1S/C11H13ClN2O2/c1-2-3-4-7-13-10-8(11(15)16)5-6-9(12)14-10/h2-3,5-6H,4,7H2,1H3,(H,13,14)(H,15,16)/b3-2+. The Kier molecular flexibility index (Phi) is 4.79. The predicted octanol–water partition coefficient (Wildman–Crippen LogP) is 2.81. The molecule has 1 aromatic rings. The molecule has 0 bridgehead atoms. The van der Waals surface area contributed by atoms with Gasteiger partial charge < -0.3 is 10.4 Å². The second-order valence-corrected chi connectivity index (χ2v) is 3.51. The molecule has 0 saturated carbocycles. The van der Waals surface area contributed by atoms with Gasteiger partial charge in [0.2, 0.25) is 0 Å². The maximum Gasteiger partial charge on any atom is 0.339 e. The van der Waals surface area contributed by atoms with Crippen molar-refractivity contribution in [2.75, 3.05) is 11.9 Å². The van der Waals surface area contributed by atoms with E-state index in [1.165, 1.54) is 12.1 Å². The van der Waals surface area contributed by atoms with Crippen molar-refractivity contribution >= 4 is 23.4 Å². The van der Waals surface area contributed by atoms with E-state index < -0.39 is 5.97 Å². The first-order valence-electron chi connectivity index (χ1n) is 4.90. The van der Waals surface area contributed by atoms with E-state index >= 15 is 0 Å². The molecule has 2 N–H and O–H groups in total. The zero-order valence-electron chi connectivity index (χ0n) is 8.90. The van der Waals surface area contributed by atoms with Crippen LogP contribution in [0.25, 0.3) is 0 Å². The van der Waals surface area contributed by atoms with Gasteiger partial charge in [-0.2, -0.15) is 0 Å². The third-order valence-corrected chi connectivity index (χ3v) is 2.14. The number of halogens is 1. The SMILES string of the molecule is C/C=C/CCNc1nc(Cl)ccc1C(=O)O. The van der Waals surface area contributed by atoms with E-state index in [4.69, 9.17) is 16.7 Å². The molecule has 86 valence electrons. The molecule has 0 amide bonds. The first kappa shape index (κ1) is 12.5. The van der Waals surface area contributed by atoms with Gasteiger partial charge in [0.05, 0.1) is 0 Å². The van der Waals surface area contributed by atoms with Crippen LogP contribution < -0.4 is 5.32 Å². The molecule has 0 spiro atoms. The zero-order valence-corrected chi connectivity index (χ0v) is 9.66. The molecule has 0 aliphatic carbocycles. The lowest BCUT2D eigenvalue weighted by Gasteiger charge is -2.07. The molecule has 1 rings (SSSR count). The Hall–Kier alpha value is -1.55. The van der Waals surface area contributed by atoms with Gasteiger partial charge in [0.1, 0.15) is 16.5 Å². The molecule has 0 saturated heterocycles. The lowest BCUT2D eigenvalue weighted by Crippen LogP contribution is -2.09. The lowest BCUT2D eigenvalue weighted by molar-refractivity contribution is 0.0697. The number of aromatic nitrogens is 1. The fourth-order valence-corrected chi connectivity index (χ4v) is 1.33. The Bertz CT molecular complexity index is 405. The summed E-state index contributed by atoms with van der Waals surface area (Å²) in [5.74, 6) is -0.706. The van der Waals surface area contributed by atoms with Crippen LogP contribution in [0, 0.1) is 0 Å². The summed E-state index contributed by atoms with van der Waals surface area (Å²) in [4.78, 5) is 14.8. The molecule has 0 aliphatic rings. The smallest absolute Gasteiger partial charge is 0.339 e. The molecule has 0 fully saturated rings. The van der Waals surface area contributed by atoms with Crippen LogP contribution in [0.5, 0.6) is 0 Å². The molecule has 1 heterocycles. The minimum Gasteiger partial charge on any atom is -0.478 e. The summed E-state index contributed by atoms with van der Waals surface area (Å²) in [5.41, 5.74) is 0.130. The highest BCUT2D eigenvalue weighted by Crippen LogP contribution is 2.16. The van der Waals surface area contributed by atoms with Crippen molar-refractivity contribution in [2.45, 2.75) is 13.3 Å². The first-order valence-corrected chi connectivity index (χ1v) is 5.28. The van der Waals surface area contributed by atoms with Crippen molar-refractivity contribution in [2.24, 2.45) is 0 Å². The van der Waals surface area contributed by atoms with Crippen molar-refractivity contribution in [1.29, 1.82) is 0 Å². The van der Waals surface area contributed by atoms with E-state index in [0.29, 0.717) is 12.4 Å². The summed E-state index contributed by atoms with van der Waals surface area (Å²) in [6.07, 6.45) is 4.73. The van der Waals surface area contributed by atoms with Crippen LogP contribution in [-0.4, -0.2) is 22.6 Å². The van der Waals surface area contributed by atoms with Crippen LogP contribution in [0.4, 0.5) is 5.82 Å². The highest BCUT2D eigenvalue weighted by Gasteiger charge is 2.11. The summed E-state index contributed by atoms with van der Waals surface area (Å²) in [5, 5.41) is 12.1. The van der Waals surface area contributed by atoms with E-state index in [2.05, 4.69) is 10.3 Å². The van der Waals surface area contributed by atoms with Crippen LogP contribution in [-0.2, 0) is 0 Å². The van der Waals surface area contributed by atoms with Crippen LogP contribution in [0.2, 0.25) is 5.15 Å². The number of allylic oxidation sites excluding steroid dienone is 1. The van der Waals surface area contributed by atoms with Gasteiger partial charge >= 0.3 is 5.97 Å². The minimum absolute atomic E-state index is 0.130. The highest BCUT2D eigenvalue weighted by atomic mass is 35.5. The molecule has 16 heavy (non-hydrogen) atoms. The monoisotopic (exact) mass is 240 g/mol. The zero-order chi connectivity index (χ0) is 12.0. The third kappa shape index (κ3) is 3.55. The predicted molar refractivity (Wildman–Crippen MR) is 64.1 cm³/mol. The summed E-state index contributed by atoms with van der Waals surface area (Å²) < 4.78 is 0. The Labute approximate surface area is 99.0 Å².